The minimum atomic E-state index is -1.07. The molecule has 7 aliphatic carbocycles. The van der Waals surface area contributed by atoms with E-state index in [1.54, 1.807) is 27.7 Å². The first-order valence-corrected chi connectivity index (χ1v) is 52.0. The van der Waals surface area contributed by atoms with Gasteiger partial charge in [-0.15, -0.1) is 0 Å². The maximum atomic E-state index is 13.3. The maximum Gasteiger partial charge on any atom is 1.00 e. The van der Waals surface area contributed by atoms with Crippen molar-refractivity contribution >= 4 is 87.3 Å². The number of esters is 6. The summed E-state index contributed by atoms with van der Waals surface area (Å²) in [4.78, 5) is 148. The van der Waals surface area contributed by atoms with Crippen molar-refractivity contribution in [1.29, 1.82) is 0 Å². The number of ketones is 4. The van der Waals surface area contributed by atoms with Crippen molar-refractivity contribution in [2.75, 3.05) is 25.2 Å². The van der Waals surface area contributed by atoms with E-state index < -0.39 is 77.0 Å². The first kappa shape index (κ1) is 136. The van der Waals surface area contributed by atoms with E-state index in [1.165, 1.54) is 81.5 Å². The first-order chi connectivity index (χ1) is 67.5. The normalized spacial score (nSPS) is 20.8. The smallest absolute Gasteiger partial charge is 1.00 e. The third kappa shape index (κ3) is 55.2. The molecular formula is C120H167BrCs2O22. The standard InChI is InChI=1S/C62H84O10.C29H38O5.C21H30O4.C7H13Br.CH2O3.2Cs.H/c1-43(23-19-25-45(3)31-33-51-47(5)59(67)53(39-61(51,7)8)71-57(65)37-35-55(63)69-41-49-27-13-11-14-28-49)21-17-18-22-44(2)24-20-26-46(4)32-34-52-48(6)60(68)54(40-62(52,9)10)72-58(66)38-36-56(64)70-42-50-29-15-12-16-30-50;1-20(2)11-8-9-12-21(3)13-10-14-22(4)15-16-24-23(5)28(33)25(19-29(24,6)7)34-27(32)18-17-26(30)31;1-6-7-9-15(2)11-12-17-16(3)20(24)18(14-21(17,4)5)25-19(23)10-8-13-22;8-6-7-4-2-1-3-5-7;2-1-4-3;;;/h17-26,31-34,49-50,53-54H,11-16,27-30,35-42H2,1-10H3;8-16,25H,17-19H2,1-7H3,(H,30,31);6-7,9,11-12,18,22H,8,10,13-14H2,1-5H3;7H,1-6H2;1,3H;;;/q;;;;;2*+1;-1/p-1/b18-17+,23-19+,24-20+,33-31+,34-32+,43-21+,44-22+,45-25+,46-26+;9-8+,13-10+,16-15+,21-12+,22-14+;7-6+,12-11+,15-9+;;;;;. The van der Waals surface area contributed by atoms with Gasteiger partial charge in [0.05, 0.1) is 51.7 Å². The number of aliphatic hydroxyl groups is 1. The van der Waals surface area contributed by atoms with Crippen LogP contribution in [0, 0.1) is 39.4 Å². The van der Waals surface area contributed by atoms with E-state index in [1.807, 2.05) is 261 Å². The molecule has 0 aliphatic heterocycles. The van der Waals surface area contributed by atoms with E-state index in [0.717, 1.165) is 92.9 Å². The van der Waals surface area contributed by atoms with Gasteiger partial charge in [-0.25, -0.2) is 0 Å². The minimum Gasteiger partial charge on any atom is -1.00 e. The molecule has 0 spiro atoms. The number of carbonyl (C=O) groups is 12. The topological polar surface area (TPSA) is 333 Å². The fourth-order valence-electron chi connectivity index (χ4n) is 17.7. The predicted molar refractivity (Wildman–Crippen MR) is 572 cm³/mol. The number of rotatable bonds is 41. The molecule has 0 aromatic rings. The molecule has 0 heterocycles. The zero-order valence-corrected chi connectivity index (χ0v) is 106. The van der Waals surface area contributed by atoms with Gasteiger partial charge in [0.25, 0.3) is 6.47 Å². The summed E-state index contributed by atoms with van der Waals surface area (Å²) < 4.78 is 32.7. The zero-order chi connectivity index (χ0) is 107. The van der Waals surface area contributed by atoms with Crippen molar-refractivity contribution in [2.45, 2.75) is 350 Å². The number of aliphatic hydroxyl groups excluding tert-OH is 1. The van der Waals surface area contributed by atoms with Gasteiger partial charge in [0, 0.05) is 44.0 Å². The summed E-state index contributed by atoms with van der Waals surface area (Å²) in [5.74, 6) is -3.05. The molecule has 145 heavy (non-hydrogen) atoms. The predicted octanol–water partition coefficient (Wildman–Crippen LogP) is 20.0. The largest absolute Gasteiger partial charge is 1.00 e. The number of ether oxygens (including phenoxy) is 6. The van der Waals surface area contributed by atoms with Crippen LogP contribution in [-0.4, -0.2) is 131 Å². The van der Waals surface area contributed by atoms with E-state index in [0.29, 0.717) is 79.4 Å². The van der Waals surface area contributed by atoms with Crippen LogP contribution in [-0.2, 0) is 90.8 Å². The van der Waals surface area contributed by atoms with Crippen molar-refractivity contribution < 1.29 is 246 Å². The van der Waals surface area contributed by atoms with Crippen LogP contribution in [0.1, 0.15) is 327 Å². The number of carboxylic acid groups (broad SMARTS) is 1. The number of aliphatic carboxylic acids is 1. The molecule has 0 saturated heterocycles. The average molecular weight is 2310 g/mol. The summed E-state index contributed by atoms with van der Waals surface area (Å²) in [6.45, 7) is 44.2. The average Bonchev–Trinajstić information content (AvgIpc) is 0.794. The summed E-state index contributed by atoms with van der Waals surface area (Å²) in [6, 6.07) is 0. The molecule has 0 aromatic carbocycles. The number of alkyl halides is 1. The molecule has 2 N–H and O–H groups in total. The Bertz CT molecular complexity index is 4890. The molecule has 0 aromatic heterocycles. The van der Waals surface area contributed by atoms with Crippen LogP contribution >= 0.6 is 15.9 Å². The van der Waals surface area contributed by atoms with Crippen molar-refractivity contribution in [3.05, 3.63) is 259 Å². The molecule has 25 heteroatoms. The third-order valence-electron chi connectivity index (χ3n) is 26.1. The van der Waals surface area contributed by atoms with Gasteiger partial charge in [0.15, 0.2) is 47.5 Å². The molecular weight excluding hydrogens is 2140 g/mol. The Morgan fingerprint density at radius 1 is 0.366 bits per heavy atom. The number of allylic oxidation sites excluding steroid dienone is 40. The van der Waals surface area contributed by atoms with Crippen molar-refractivity contribution in [3.63, 3.8) is 0 Å². The van der Waals surface area contributed by atoms with Gasteiger partial charge in [-0.05, 0) is 226 Å². The number of carbonyl (C=O) groups excluding carboxylic acids is 11. The second-order valence-electron chi connectivity index (χ2n) is 41.1. The maximum absolute atomic E-state index is 13.3. The number of Topliss-reactive ketones (excluding diaryl/α,β-unsaturated/α-hetero) is 4. The van der Waals surface area contributed by atoms with E-state index in [9.17, 15) is 52.7 Å². The second-order valence-corrected chi connectivity index (χ2v) is 41.8. The molecule has 0 amide bonds. The number of carboxylic acids is 1. The molecule has 3 saturated carbocycles. The van der Waals surface area contributed by atoms with Gasteiger partial charge in [0.1, 0.15) is 0 Å². The Morgan fingerprint density at radius 3 is 0.855 bits per heavy atom. The monoisotopic (exact) mass is 2300 g/mol. The van der Waals surface area contributed by atoms with E-state index >= 15 is 0 Å². The third-order valence-corrected chi connectivity index (χ3v) is 27.0. The Morgan fingerprint density at radius 2 is 0.607 bits per heavy atom. The summed E-state index contributed by atoms with van der Waals surface area (Å²) >= 11 is 3.51. The summed E-state index contributed by atoms with van der Waals surface area (Å²) in [5.41, 5.74) is 13.3. The van der Waals surface area contributed by atoms with Gasteiger partial charge in [-0.3, -0.25) is 57.5 Å². The Hall–Kier alpha value is -6.78. The van der Waals surface area contributed by atoms with E-state index in [-0.39, 0.29) is 231 Å². The van der Waals surface area contributed by atoms with Crippen molar-refractivity contribution in [3.8, 4) is 0 Å². The van der Waals surface area contributed by atoms with E-state index in [2.05, 4.69) is 54.6 Å². The van der Waals surface area contributed by atoms with Crippen LogP contribution in [0.3, 0.4) is 0 Å². The van der Waals surface area contributed by atoms with Crippen molar-refractivity contribution in [1.82, 2.24) is 0 Å². The van der Waals surface area contributed by atoms with Crippen LogP contribution in [0.4, 0.5) is 0 Å². The van der Waals surface area contributed by atoms with Crippen LogP contribution < -0.4 is 143 Å². The van der Waals surface area contributed by atoms with Gasteiger partial charge < -0.3 is 50.2 Å². The quantitative estimate of drug-likeness (QED) is 0.0109. The molecule has 4 unspecified atom stereocenters. The summed E-state index contributed by atoms with van der Waals surface area (Å²) in [7, 11) is 0. The second kappa shape index (κ2) is 73.4. The Labute approximate surface area is 994 Å². The number of hydrogen-bond acceptors (Lipinski definition) is 21. The summed E-state index contributed by atoms with van der Waals surface area (Å²) in [6.07, 6.45) is 72.7. The Kier molecular flexibility index (Phi) is 69.0. The van der Waals surface area contributed by atoms with E-state index in [4.69, 9.17) is 48.7 Å². The molecule has 22 nitrogen and oxygen atoms in total. The number of halogens is 1. The van der Waals surface area contributed by atoms with Crippen LogP contribution in [0.15, 0.2) is 259 Å². The molecule has 788 valence electrons. The Balaban J connectivity index is 0.00000232. The van der Waals surface area contributed by atoms with Gasteiger partial charge in [-0.1, -0.05) is 344 Å². The SMILES string of the molecule is BrCC1CCCCC1.C/C=C/C=C(C)/C=C/C1=C(C)C(=O)C(OC(=O)CCCO)CC1(C)C.CC(C)=C/C=C/C=C(C)/C=C/C=C(C)/C=C/C1=C(C)C(=O)C(OC(=O)CCC(=O)O)CC1(C)C.CC1=C(/C=C/C(C)=C/C=C/C(C)=C/C=C/C=C(C)/C=C/C=C(C)/C=C/C2=C(C)C(=O)C(OC(=O)CCC(=O)OCC3CCCCC3)CC2(C)C)C(C)(C)CC(OC(=O)CCC(=O)OCC2CCCCC2)C1=O.O=CO[O-].[Cs+].[Cs+].[H-]. The van der Waals surface area contributed by atoms with Crippen LogP contribution in [0.5, 0.6) is 0 Å². The molecule has 3 fully saturated rings. The summed E-state index contributed by atoms with van der Waals surface area (Å²) in [5, 5.41) is 27.2. The number of hydrogen-bond donors (Lipinski definition) is 2. The zero-order valence-electron chi connectivity index (χ0n) is 92.6. The molecule has 0 radical (unpaired) electrons. The van der Waals surface area contributed by atoms with Gasteiger partial charge >= 0.3 is 180 Å². The van der Waals surface area contributed by atoms with Gasteiger partial charge in [-0.2, -0.15) is 0 Å². The van der Waals surface area contributed by atoms with Crippen molar-refractivity contribution in [2.24, 2.45) is 39.4 Å². The van der Waals surface area contributed by atoms with Gasteiger partial charge in [0.2, 0.25) is 0 Å². The molecule has 7 rings (SSSR count). The molecule has 0 bridgehead atoms. The first-order valence-electron chi connectivity index (χ1n) is 50.8. The molecule has 4 atom stereocenters. The minimum absolute atomic E-state index is 0. The fraction of sp³-hybridized carbons (Fsp3) is 0.533. The van der Waals surface area contributed by atoms with Crippen LogP contribution in [0.2, 0.25) is 0 Å². The molecule has 7 aliphatic rings. The fourth-order valence-corrected chi connectivity index (χ4v) is 18.4. The van der Waals surface area contributed by atoms with Crippen LogP contribution in [0.25, 0.3) is 0 Å².